The summed E-state index contributed by atoms with van der Waals surface area (Å²) in [6.07, 6.45) is -7.73. The lowest BCUT2D eigenvalue weighted by Gasteiger charge is -2.08. The topological polar surface area (TPSA) is 128 Å². The van der Waals surface area contributed by atoms with Gasteiger partial charge in [-0.05, 0) is 18.1 Å². The molecule has 1 unspecified atom stereocenters. The van der Waals surface area contributed by atoms with Gasteiger partial charge in [-0.25, -0.2) is 9.07 Å². The Hall–Kier alpha value is -3.70. The first-order valence-electron chi connectivity index (χ1n) is 10.3. The van der Waals surface area contributed by atoms with E-state index in [0.29, 0.717) is 6.20 Å². The second kappa shape index (κ2) is 11.6. The van der Waals surface area contributed by atoms with E-state index in [1.54, 1.807) is 5.32 Å². The second-order valence-electron chi connectivity index (χ2n) is 7.52. The van der Waals surface area contributed by atoms with Crippen LogP contribution in [0.5, 0.6) is 0 Å². The molecule has 0 saturated heterocycles. The van der Waals surface area contributed by atoms with Crippen molar-refractivity contribution in [3.05, 3.63) is 51.5 Å². The van der Waals surface area contributed by atoms with Gasteiger partial charge in [-0.3, -0.25) is 14.6 Å². The number of amides is 2. The number of halogens is 7. The van der Waals surface area contributed by atoms with Crippen molar-refractivity contribution in [2.75, 3.05) is 6.54 Å². The molecule has 2 amide bonds. The Bertz CT molecular complexity index is 1230. The van der Waals surface area contributed by atoms with Crippen LogP contribution in [-0.2, 0) is 25.7 Å². The summed E-state index contributed by atoms with van der Waals surface area (Å²) in [6, 6.07) is 0.841. The molecule has 0 aliphatic rings. The average Bonchev–Trinajstić information content (AvgIpc) is 3.49. The van der Waals surface area contributed by atoms with Crippen molar-refractivity contribution in [3.8, 4) is 0 Å². The number of carbonyl (C=O) groups excluding carboxylic acids is 2. The third-order valence-corrected chi connectivity index (χ3v) is 5.50. The van der Waals surface area contributed by atoms with Crippen molar-refractivity contribution in [3.63, 3.8) is 0 Å². The van der Waals surface area contributed by atoms with Crippen molar-refractivity contribution in [1.82, 2.24) is 40.8 Å². The Morgan fingerprint density at radius 1 is 1.03 bits per heavy atom. The molecular formula is C19H17F7N8O2S. The van der Waals surface area contributed by atoms with Gasteiger partial charge in [0.25, 0.3) is 11.8 Å². The number of carbonyl (C=O) groups is 2. The minimum Gasteiger partial charge on any atom is -0.346 e. The maximum absolute atomic E-state index is 14.4. The van der Waals surface area contributed by atoms with Crippen LogP contribution in [0.25, 0.3) is 0 Å². The van der Waals surface area contributed by atoms with Crippen molar-refractivity contribution in [2.24, 2.45) is 0 Å². The molecule has 0 radical (unpaired) electrons. The van der Waals surface area contributed by atoms with Crippen LogP contribution >= 0.6 is 11.3 Å². The van der Waals surface area contributed by atoms with Gasteiger partial charge in [-0.1, -0.05) is 16.6 Å². The molecule has 200 valence electrons. The number of alkyl halides is 7. The molecule has 0 spiro atoms. The van der Waals surface area contributed by atoms with E-state index >= 15 is 0 Å². The molecule has 0 aliphatic carbocycles. The minimum absolute atomic E-state index is 0.0401. The van der Waals surface area contributed by atoms with E-state index in [9.17, 15) is 40.3 Å². The van der Waals surface area contributed by atoms with Crippen LogP contribution in [0, 0.1) is 0 Å². The third kappa shape index (κ3) is 8.72. The molecule has 0 aromatic carbocycles. The monoisotopic (exact) mass is 554 g/mol. The molecule has 3 heterocycles. The number of hydrogen-bond acceptors (Lipinski definition) is 8. The van der Waals surface area contributed by atoms with E-state index in [-0.39, 0.29) is 47.2 Å². The normalized spacial score (nSPS) is 12.8. The highest BCUT2D eigenvalue weighted by Crippen LogP contribution is 2.28. The molecular weight excluding hydrogens is 537 g/mol. The zero-order valence-corrected chi connectivity index (χ0v) is 19.3. The first-order chi connectivity index (χ1) is 17.3. The zero-order chi connectivity index (χ0) is 27.2. The Morgan fingerprint density at radius 3 is 2.49 bits per heavy atom. The summed E-state index contributed by atoms with van der Waals surface area (Å²) >= 11 is 0.731. The molecule has 18 heteroatoms. The minimum atomic E-state index is -4.58. The Balaban J connectivity index is 1.45. The van der Waals surface area contributed by atoms with Gasteiger partial charge in [0.1, 0.15) is 17.7 Å². The van der Waals surface area contributed by atoms with E-state index in [1.165, 1.54) is 0 Å². The van der Waals surface area contributed by atoms with Gasteiger partial charge in [-0.15, -0.1) is 15.3 Å². The average molecular weight is 554 g/mol. The van der Waals surface area contributed by atoms with E-state index in [1.807, 2.05) is 0 Å². The fourth-order valence-corrected chi connectivity index (χ4v) is 3.55. The van der Waals surface area contributed by atoms with Gasteiger partial charge < -0.3 is 10.6 Å². The summed E-state index contributed by atoms with van der Waals surface area (Å²) in [5, 5.41) is 18.4. The van der Waals surface area contributed by atoms with E-state index < -0.39 is 42.4 Å². The maximum atomic E-state index is 14.4. The number of nitrogens with one attached hydrogen (secondary N) is 2. The SMILES string of the molecule is O=C(NCc1cncc(C(F)(F)F)c1)c1cn(CC(F)CCc2nnc(C(=O)NCC(F)(F)F)s2)nn1. The highest BCUT2D eigenvalue weighted by Gasteiger charge is 2.31. The van der Waals surface area contributed by atoms with E-state index in [2.05, 4.69) is 30.8 Å². The lowest BCUT2D eigenvalue weighted by Crippen LogP contribution is -2.33. The van der Waals surface area contributed by atoms with Crippen LogP contribution in [0.15, 0.2) is 24.7 Å². The lowest BCUT2D eigenvalue weighted by atomic mass is 10.2. The van der Waals surface area contributed by atoms with Crippen molar-refractivity contribution in [2.45, 2.75) is 44.5 Å². The molecule has 0 saturated carbocycles. The molecule has 3 rings (SSSR count). The standard InChI is InChI=1S/C19H17F7N8O2S/c20-12(1-2-14-31-32-17(37-14)16(36)29-9-18(21,22)23)7-34-8-13(30-33-34)15(35)28-5-10-3-11(6-27-4-10)19(24,25)26/h3-4,6,8,12H,1-2,5,7,9H2,(H,28,35)(H,29,36). The van der Waals surface area contributed by atoms with Gasteiger partial charge in [0, 0.05) is 25.4 Å². The largest absolute Gasteiger partial charge is 0.417 e. The van der Waals surface area contributed by atoms with Crippen LogP contribution in [0.1, 0.15) is 42.8 Å². The van der Waals surface area contributed by atoms with Crippen LogP contribution in [0.3, 0.4) is 0 Å². The van der Waals surface area contributed by atoms with E-state index in [4.69, 9.17) is 0 Å². The maximum Gasteiger partial charge on any atom is 0.417 e. The molecule has 3 aromatic rings. The molecule has 0 fully saturated rings. The molecule has 37 heavy (non-hydrogen) atoms. The van der Waals surface area contributed by atoms with Gasteiger partial charge in [-0.2, -0.15) is 26.3 Å². The lowest BCUT2D eigenvalue weighted by molar-refractivity contribution is -0.137. The Morgan fingerprint density at radius 2 is 1.78 bits per heavy atom. The molecule has 0 bridgehead atoms. The second-order valence-corrected chi connectivity index (χ2v) is 8.58. The van der Waals surface area contributed by atoms with Crippen LogP contribution < -0.4 is 10.6 Å². The summed E-state index contributed by atoms with van der Waals surface area (Å²) in [5.41, 5.74) is -1.04. The number of nitrogens with zero attached hydrogens (tertiary/aromatic N) is 6. The number of rotatable bonds is 10. The number of pyridine rings is 1. The summed E-state index contributed by atoms with van der Waals surface area (Å²) in [5.74, 6) is -1.79. The van der Waals surface area contributed by atoms with Gasteiger partial charge in [0.15, 0.2) is 5.69 Å². The first-order valence-corrected chi connectivity index (χ1v) is 11.1. The quantitative estimate of drug-likeness (QED) is 0.369. The van der Waals surface area contributed by atoms with Gasteiger partial charge >= 0.3 is 12.4 Å². The number of aromatic nitrogens is 6. The van der Waals surface area contributed by atoms with Gasteiger partial charge in [0.2, 0.25) is 5.01 Å². The fraction of sp³-hybridized carbons (Fsp3) is 0.421. The van der Waals surface area contributed by atoms with E-state index in [0.717, 1.165) is 34.5 Å². The van der Waals surface area contributed by atoms with Crippen LogP contribution in [0.2, 0.25) is 0 Å². The fourth-order valence-electron chi connectivity index (χ4n) is 2.78. The summed E-state index contributed by atoms with van der Waals surface area (Å²) in [7, 11) is 0. The highest BCUT2D eigenvalue weighted by atomic mass is 32.1. The summed E-state index contributed by atoms with van der Waals surface area (Å²) < 4.78 is 90.2. The molecule has 2 N–H and O–H groups in total. The van der Waals surface area contributed by atoms with Crippen LogP contribution in [-0.4, -0.2) is 60.9 Å². The molecule has 1 atom stereocenters. The number of aryl methyl sites for hydroxylation is 1. The predicted molar refractivity (Wildman–Crippen MR) is 112 cm³/mol. The molecule has 0 aliphatic heterocycles. The van der Waals surface area contributed by atoms with Crippen LogP contribution in [0.4, 0.5) is 30.7 Å². The first kappa shape index (κ1) is 27.9. The van der Waals surface area contributed by atoms with Crippen molar-refractivity contribution < 1.29 is 40.3 Å². The van der Waals surface area contributed by atoms with Gasteiger partial charge in [0.05, 0.1) is 18.3 Å². The smallest absolute Gasteiger partial charge is 0.346 e. The summed E-state index contributed by atoms with van der Waals surface area (Å²) in [4.78, 5) is 27.3. The zero-order valence-electron chi connectivity index (χ0n) is 18.5. The highest BCUT2D eigenvalue weighted by molar-refractivity contribution is 7.13. The molecule has 10 nitrogen and oxygen atoms in total. The van der Waals surface area contributed by atoms with Crippen molar-refractivity contribution in [1.29, 1.82) is 0 Å². The Labute approximate surface area is 207 Å². The number of hydrogen-bond donors (Lipinski definition) is 2. The summed E-state index contributed by atoms with van der Waals surface area (Å²) in [6.45, 7) is -2.07. The third-order valence-electron chi connectivity index (χ3n) is 4.51. The molecule has 3 aromatic heterocycles. The predicted octanol–water partition coefficient (Wildman–Crippen LogP) is 2.74. The Kier molecular flexibility index (Phi) is 8.72. The van der Waals surface area contributed by atoms with Crippen molar-refractivity contribution >= 4 is 23.2 Å².